The molecule has 0 aromatic carbocycles. The second-order valence-corrected chi connectivity index (χ2v) is 4.90. The van der Waals surface area contributed by atoms with Crippen molar-refractivity contribution in [1.29, 1.82) is 0 Å². The number of rotatable bonds is 7. The average molecular weight is 226 g/mol. The Morgan fingerprint density at radius 3 is 2.69 bits per heavy atom. The molecule has 0 heterocycles. The van der Waals surface area contributed by atoms with Crippen molar-refractivity contribution in [3.63, 3.8) is 0 Å². The summed E-state index contributed by atoms with van der Waals surface area (Å²) in [4.78, 5) is 0.135. The highest BCUT2D eigenvalue weighted by molar-refractivity contribution is 7.89. The van der Waals surface area contributed by atoms with E-state index in [2.05, 4.69) is 16.9 Å². The summed E-state index contributed by atoms with van der Waals surface area (Å²) >= 11 is 4.53. The molecule has 0 aromatic rings. The van der Waals surface area contributed by atoms with Crippen molar-refractivity contribution in [3.05, 3.63) is 0 Å². The summed E-state index contributed by atoms with van der Waals surface area (Å²) in [6.07, 6.45) is 0.461. The minimum atomic E-state index is -3.25. The smallest absolute Gasteiger partial charge is 0.212 e. The SMILES string of the molecule is COCCCS(=O)(=O)NCC(N)=S. The van der Waals surface area contributed by atoms with Crippen molar-refractivity contribution < 1.29 is 13.2 Å². The zero-order valence-corrected chi connectivity index (χ0v) is 9.08. The van der Waals surface area contributed by atoms with Gasteiger partial charge in [0.2, 0.25) is 10.0 Å². The molecule has 7 heteroatoms. The van der Waals surface area contributed by atoms with E-state index in [1.807, 2.05) is 0 Å². The summed E-state index contributed by atoms with van der Waals surface area (Å²) in [6, 6.07) is 0. The molecule has 0 bridgehead atoms. The van der Waals surface area contributed by atoms with Gasteiger partial charge in [-0.15, -0.1) is 0 Å². The minimum absolute atomic E-state index is 0.0185. The van der Waals surface area contributed by atoms with Crippen LogP contribution in [-0.4, -0.2) is 39.4 Å². The van der Waals surface area contributed by atoms with Gasteiger partial charge in [-0.25, -0.2) is 13.1 Å². The number of methoxy groups -OCH3 is 1. The fourth-order valence-corrected chi connectivity index (χ4v) is 1.83. The molecule has 78 valence electrons. The lowest BCUT2D eigenvalue weighted by Crippen LogP contribution is -2.34. The second kappa shape index (κ2) is 6.25. The molecule has 0 atom stereocenters. The predicted octanol–water partition coefficient (Wildman–Crippen LogP) is -0.772. The van der Waals surface area contributed by atoms with E-state index in [1.54, 1.807) is 0 Å². The van der Waals surface area contributed by atoms with Gasteiger partial charge in [-0.3, -0.25) is 0 Å². The van der Waals surface area contributed by atoms with Crippen LogP contribution in [0.25, 0.3) is 0 Å². The lowest BCUT2D eigenvalue weighted by atomic mass is 10.5. The van der Waals surface area contributed by atoms with E-state index in [1.165, 1.54) is 7.11 Å². The Morgan fingerprint density at radius 1 is 1.62 bits per heavy atom. The average Bonchev–Trinajstić information content (AvgIpc) is 2.02. The molecular weight excluding hydrogens is 212 g/mol. The van der Waals surface area contributed by atoms with E-state index >= 15 is 0 Å². The zero-order chi connectivity index (χ0) is 10.3. The first-order chi connectivity index (χ1) is 5.98. The van der Waals surface area contributed by atoms with E-state index in [9.17, 15) is 8.42 Å². The van der Waals surface area contributed by atoms with Crippen LogP contribution in [0, 0.1) is 0 Å². The third-order valence-corrected chi connectivity index (χ3v) is 2.78. The van der Waals surface area contributed by atoms with Crippen LogP contribution in [0.1, 0.15) is 6.42 Å². The maximum Gasteiger partial charge on any atom is 0.212 e. The molecule has 0 rings (SSSR count). The van der Waals surface area contributed by atoms with Gasteiger partial charge in [-0.1, -0.05) is 12.2 Å². The van der Waals surface area contributed by atoms with Crippen molar-refractivity contribution in [3.8, 4) is 0 Å². The lowest BCUT2D eigenvalue weighted by molar-refractivity contribution is 0.199. The van der Waals surface area contributed by atoms with E-state index < -0.39 is 10.0 Å². The van der Waals surface area contributed by atoms with Crippen LogP contribution in [0.4, 0.5) is 0 Å². The molecule has 0 unspecified atom stereocenters. The van der Waals surface area contributed by atoms with Crippen molar-refractivity contribution in [2.75, 3.05) is 26.0 Å². The van der Waals surface area contributed by atoms with E-state index in [0.29, 0.717) is 13.0 Å². The molecule has 0 amide bonds. The normalized spacial score (nSPS) is 11.5. The largest absolute Gasteiger partial charge is 0.392 e. The van der Waals surface area contributed by atoms with Crippen molar-refractivity contribution in [2.24, 2.45) is 5.73 Å². The molecule has 0 aromatic heterocycles. The first kappa shape index (κ1) is 12.8. The van der Waals surface area contributed by atoms with Gasteiger partial charge in [0, 0.05) is 13.7 Å². The summed E-state index contributed by atoms with van der Waals surface area (Å²) in [5, 5.41) is 0. The van der Waals surface area contributed by atoms with Gasteiger partial charge in [0.15, 0.2) is 0 Å². The molecule has 13 heavy (non-hydrogen) atoms. The maximum absolute atomic E-state index is 11.1. The monoisotopic (exact) mass is 226 g/mol. The molecule has 0 aliphatic rings. The van der Waals surface area contributed by atoms with Gasteiger partial charge in [0.25, 0.3) is 0 Å². The van der Waals surface area contributed by atoms with E-state index in [4.69, 9.17) is 10.5 Å². The predicted molar refractivity (Wildman–Crippen MR) is 55.1 cm³/mol. The van der Waals surface area contributed by atoms with Gasteiger partial charge in [-0.2, -0.15) is 0 Å². The van der Waals surface area contributed by atoms with Crippen LogP contribution in [0.2, 0.25) is 0 Å². The number of nitrogens with one attached hydrogen (secondary N) is 1. The number of ether oxygens (including phenoxy) is 1. The van der Waals surface area contributed by atoms with E-state index in [0.717, 1.165) is 0 Å². The number of hydrogen-bond donors (Lipinski definition) is 2. The molecule has 0 saturated heterocycles. The highest BCUT2D eigenvalue weighted by Crippen LogP contribution is 1.89. The first-order valence-corrected chi connectivity index (χ1v) is 5.78. The topological polar surface area (TPSA) is 81.4 Å². The first-order valence-electron chi connectivity index (χ1n) is 3.72. The Kier molecular flexibility index (Phi) is 6.13. The molecule has 0 aliphatic heterocycles. The van der Waals surface area contributed by atoms with Gasteiger partial charge in [0.05, 0.1) is 17.3 Å². The van der Waals surface area contributed by atoms with Crippen LogP contribution in [-0.2, 0) is 14.8 Å². The van der Waals surface area contributed by atoms with Crippen LogP contribution in [0.15, 0.2) is 0 Å². The molecule has 5 nitrogen and oxygen atoms in total. The van der Waals surface area contributed by atoms with Crippen molar-refractivity contribution >= 4 is 27.2 Å². The maximum atomic E-state index is 11.1. The molecule has 0 fully saturated rings. The third-order valence-electron chi connectivity index (χ3n) is 1.23. The number of nitrogens with two attached hydrogens (primary N) is 1. The summed E-state index contributed by atoms with van der Waals surface area (Å²) in [5.74, 6) is 0.0312. The van der Waals surface area contributed by atoms with Crippen LogP contribution < -0.4 is 10.5 Å². The molecule has 0 radical (unpaired) electrons. The standard InChI is InChI=1S/C6H14N2O3S2/c1-11-3-2-4-13(9,10)8-5-6(7)12/h8H,2-5H2,1H3,(H2,7,12). The minimum Gasteiger partial charge on any atom is -0.392 e. The number of sulfonamides is 1. The Bertz CT molecular complexity index is 251. The Labute approximate surface area is 83.7 Å². The molecule has 3 N–H and O–H groups in total. The third kappa shape index (κ3) is 8.10. The Morgan fingerprint density at radius 2 is 2.23 bits per heavy atom. The number of hydrogen-bond acceptors (Lipinski definition) is 4. The Balaban J connectivity index is 3.74. The number of thiocarbonyl (C=S) groups is 1. The van der Waals surface area contributed by atoms with E-state index in [-0.39, 0.29) is 17.3 Å². The highest BCUT2D eigenvalue weighted by Gasteiger charge is 2.08. The van der Waals surface area contributed by atoms with Crippen LogP contribution >= 0.6 is 12.2 Å². The molecule has 0 aliphatic carbocycles. The zero-order valence-electron chi connectivity index (χ0n) is 7.45. The summed E-state index contributed by atoms with van der Waals surface area (Å²) in [7, 11) is -1.72. The second-order valence-electron chi connectivity index (χ2n) is 2.45. The quantitative estimate of drug-likeness (QED) is 0.440. The van der Waals surface area contributed by atoms with Gasteiger partial charge in [-0.05, 0) is 6.42 Å². The van der Waals surface area contributed by atoms with Gasteiger partial charge < -0.3 is 10.5 Å². The van der Waals surface area contributed by atoms with Crippen molar-refractivity contribution in [1.82, 2.24) is 4.72 Å². The lowest BCUT2D eigenvalue weighted by Gasteiger charge is -2.04. The van der Waals surface area contributed by atoms with Crippen LogP contribution in [0.5, 0.6) is 0 Å². The summed E-state index contributed by atoms with van der Waals surface area (Å²) in [6.45, 7) is 0.443. The van der Waals surface area contributed by atoms with Crippen molar-refractivity contribution in [2.45, 2.75) is 6.42 Å². The summed E-state index contributed by atoms with van der Waals surface area (Å²) in [5.41, 5.74) is 5.13. The fraction of sp³-hybridized carbons (Fsp3) is 0.833. The van der Waals surface area contributed by atoms with Crippen LogP contribution in [0.3, 0.4) is 0 Å². The molecule has 0 spiro atoms. The molecular formula is C6H14N2O3S2. The fourth-order valence-electron chi connectivity index (χ4n) is 0.647. The summed E-state index contributed by atoms with van der Waals surface area (Å²) < 4.78 is 29.2. The van der Waals surface area contributed by atoms with Gasteiger partial charge in [0.1, 0.15) is 0 Å². The highest BCUT2D eigenvalue weighted by atomic mass is 32.2. The molecule has 0 saturated carbocycles. The Hall–Kier alpha value is -0.240. The van der Waals surface area contributed by atoms with Gasteiger partial charge >= 0.3 is 0 Å².